The Kier molecular flexibility index (Phi) is 5.34. The first-order valence-electron chi connectivity index (χ1n) is 10.0. The number of halogens is 2. The SMILES string of the molecule is CC(=O)Nc1nnc(Sc2ccc(N3CCC(F)(F)C3)c(-c3cc4ccccc4[nH]3)c2)s1. The van der Waals surface area contributed by atoms with Gasteiger partial charge in [-0.1, -0.05) is 41.3 Å². The van der Waals surface area contributed by atoms with E-state index in [0.717, 1.165) is 32.7 Å². The summed E-state index contributed by atoms with van der Waals surface area (Å²) in [7, 11) is 0. The standard InChI is InChI=1S/C22H19F2N5OS2/c1-13(30)25-20-27-28-21(32-20)31-15-6-7-19(29-9-8-22(23,24)12-29)16(11-15)18-10-14-4-2-3-5-17(14)26-18/h2-7,10-11,26H,8-9,12H2,1H3,(H,25,27,30). The maximum absolute atomic E-state index is 13.9. The van der Waals surface area contributed by atoms with Gasteiger partial charge in [-0.05, 0) is 30.3 Å². The van der Waals surface area contributed by atoms with Gasteiger partial charge in [0.15, 0.2) is 4.34 Å². The largest absolute Gasteiger partial charge is 0.365 e. The summed E-state index contributed by atoms with van der Waals surface area (Å²) in [5.41, 5.74) is 3.49. The van der Waals surface area contributed by atoms with Crippen molar-refractivity contribution >= 4 is 50.7 Å². The Labute approximate surface area is 191 Å². The molecule has 2 aromatic heterocycles. The number of fused-ring (bicyclic) bond motifs is 1. The van der Waals surface area contributed by atoms with Crippen molar-refractivity contribution in [3.05, 3.63) is 48.5 Å². The van der Waals surface area contributed by atoms with Crippen LogP contribution in [0.5, 0.6) is 0 Å². The molecule has 1 aliphatic rings. The van der Waals surface area contributed by atoms with Crippen molar-refractivity contribution in [2.24, 2.45) is 0 Å². The van der Waals surface area contributed by atoms with Crippen LogP contribution in [0.25, 0.3) is 22.2 Å². The van der Waals surface area contributed by atoms with Gasteiger partial charge in [0.2, 0.25) is 11.0 Å². The number of nitrogens with zero attached hydrogens (tertiary/aromatic N) is 3. The summed E-state index contributed by atoms with van der Waals surface area (Å²) in [6.07, 6.45) is -0.146. The second kappa shape index (κ2) is 8.18. The lowest BCUT2D eigenvalue weighted by molar-refractivity contribution is -0.114. The van der Waals surface area contributed by atoms with Gasteiger partial charge in [0, 0.05) is 52.6 Å². The zero-order valence-electron chi connectivity index (χ0n) is 17.1. The number of anilines is 2. The summed E-state index contributed by atoms with van der Waals surface area (Å²) in [6, 6.07) is 15.8. The van der Waals surface area contributed by atoms with E-state index in [4.69, 9.17) is 0 Å². The van der Waals surface area contributed by atoms with Crippen molar-refractivity contribution in [1.82, 2.24) is 15.2 Å². The van der Waals surface area contributed by atoms with Crippen molar-refractivity contribution in [2.45, 2.75) is 28.5 Å². The molecule has 0 spiro atoms. The molecule has 32 heavy (non-hydrogen) atoms. The van der Waals surface area contributed by atoms with Gasteiger partial charge in [0.1, 0.15) is 0 Å². The third-order valence-electron chi connectivity index (χ3n) is 5.19. The molecule has 1 saturated heterocycles. The number of amides is 1. The highest BCUT2D eigenvalue weighted by atomic mass is 32.2. The molecule has 3 heterocycles. The molecule has 0 saturated carbocycles. The average molecular weight is 472 g/mol. The number of H-pyrrole nitrogens is 1. The molecule has 1 fully saturated rings. The average Bonchev–Trinajstić information content (AvgIpc) is 3.45. The van der Waals surface area contributed by atoms with Crippen LogP contribution in [0.1, 0.15) is 13.3 Å². The quantitative estimate of drug-likeness (QED) is 0.369. The van der Waals surface area contributed by atoms with Crippen molar-refractivity contribution in [3.8, 4) is 11.3 Å². The number of carbonyl (C=O) groups excluding carboxylic acids is 1. The van der Waals surface area contributed by atoms with Gasteiger partial charge in [-0.2, -0.15) is 0 Å². The van der Waals surface area contributed by atoms with Gasteiger partial charge in [-0.15, -0.1) is 10.2 Å². The molecule has 4 aromatic rings. The summed E-state index contributed by atoms with van der Waals surface area (Å²) in [5.74, 6) is -2.89. The Hall–Kier alpha value is -2.98. The number of carbonyl (C=O) groups is 1. The number of nitrogens with one attached hydrogen (secondary N) is 2. The van der Waals surface area contributed by atoms with Crippen LogP contribution in [0, 0.1) is 0 Å². The molecule has 1 aliphatic heterocycles. The molecule has 0 unspecified atom stereocenters. The Morgan fingerprint density at radius 1 is 1.22 bits per heavy atom. The summed E-state index contributed by atoms with van der Waals surface area (Å²) < 4.78 is 28.6. The lowest BCUT2D eigenvalue weighted by Gasteiger charge is -2.22. The van der Waals surface area contributed by atoms with Crippen LogP contribution in [0.4, 0.5) is 19.6 Å². The van der Waals surface area contributed by atoms with Gasteiger partial charge in [-0.25, -0.2) is 8.78 Å². The maximum Gasteiger partial charge on any atom is 0.266 e. The minimum absolute atomic E-state index is 0.146. The number of aromatic amines is 1. The van der Waals surface area contributed by atoms with E-state index in [2.05, 4.69) is 20.5 Å². The fourth-order valence-corrected chi connectivity index (χ4v) is 5.59. The molecule has 0 radical (unpaired) electrons. The monoisotopic (exact) mass is 471 g/mol. The fraction of sp³-hybridized carbons (Fsp3) is 0.227. The molecule has 2 aromatic carbocycles. The van der Waals surface area contributed by atoms with Crippen LogP contribution in [0.15, 0.2) is 57.8 Å². The summed E-state index contributed by atoms with van der Waals surface area (Å²) >= 11 is 2.70. The van der Waals surface area contributed by atoms with Crippen molar-refractivity contribution in [1.29, 1.82) is 0 Å². The predicted molar refractivity (Wildman–Crippen MR) is 124 cm³/mol. The van der Waals surface area contributed by atoms with Gasteiger partial charge in [0.05, 0.1) is 6.54 Å². The van der Waals surface area contributed by atoms with Crippen molar-refractivity contribution in [3.63, 3.8) is 0 Å². The molecule has 10 heteroatoms. The zero-order chi connectivity index (χ0) is 22.3. The third-order valence-corrected chi connectivity index (χ3v) is 7.07. The van der Waals surface area contributed by atoms with Gasteiger partial charge in [0.25, 0.3) is 5.92 Å². The number of benzene rings is 2. The minimum Gasteiger partial charge on any atom is -0.365 e. The Balaban J connectivity index is 1.52. The van der Waals surface area contributed by atoms with E-state index in [1.807, 2.05) is 48.5 Å². The van der Waals surface area contributed by atoms with Crippen molar-refractivity contribution in [2.75, 3.05) is 23.3 Å². The molecular formula is C22H19F2N5OS2. The van der Waals surface area contributed by atoms with E-state index in [0.29, 0.717) is 16.0 Å². The summed E-state index contributed by atoms with van der Waals surface area (Å²) in [6.45, 7) is 1.44. The fourth-order valence-electron chi connectivity index (χ4n) is 3.78. The second-order valence-corrected chi connectivity index (χ2v) is 9.93. The maximum atomic E-state index is 13.9. The normalized spacial score (nSPS) is 15.4. The molecule has 0 aliphatic carbocycles. The summed E-state index contributed by atoms with van der Waals surface area (Å²) in [5, 5.41) is 12.2. The highest BCUT2D eigenvalue weighted by Crippen LogP contribution is 2.41. The van der Waals surface area contributed by atoms with E-state index in [1.54, 1.807) is 4.90 Å². The molecule has 164 valence electrons. The molecular weight excluding hydrogens is 452 g/mol. The molecule has 0 bridgehead atoms. The van der Waals surface area contributed by atoms with Crippen LogP contribution < -0.4 is 10.2 Å². The van der Waals surface area contributed by atoms with Gasteiger partial charge in [-0.3, -0.25) is 4.79 Å². The summed E-state index contributed by atoms with van der Waals surface area (Å²) in [4.78, 5) is 17.3. The van der Waals surface area contributed by atoms with Crippen LogP contribution in [0.3, 0.4) is 0 Å². The number of para-hydroxylation sites is 1. The molecule has 6 nitrogen and oxygen atoms in total. The Morgan fingerprint density at radius 3 is 2.81 bits per heavy atom. The predicted octanol–water partition coefficient (Wildman–Crippen LogP) is 5.64. The van der Waals surface area contributed by atoms with E-state index in [9.17, 15) is 13.6 Å². The second-order valence-electron chi connectivity index (χ2n) is 7.63. The number of hydrogen-bond donors (Lipinski definition) is 2. The van der Waals surface area contributed by atoms with Crippen molar-refractivity contribution < 1.29 is 13.6 Å². The van der Waals surface area contributed by atoms with Gasteiger partial charge < -0.3 is 15.2 Å². The smallest absolute Gasteiger partial charge is 0.266 e. The Bertz CT molecular complexity index is 1270. The van der Waals surface area contributed by atoms with Crippen LogP contribution in [-0.4, -0.2) is 40.1 Å². The number of rotatable bonds is 5. The van der Waals surface area contributed by atoms with Gasteiger partial charge >= 0.3 is 0 Å². The van der Waals surface area contributed by atoms with E-state index < -0.39 is 5.92 Å². The van der Waals surface area contributed by atoms with Crippen LogP contribution in [0.2, 0.25) is 0 Å². The molecule has 0 atom stereocenters. The van der Waals surface area contributed by atoms with E-state index in [1.165, 1.54) is 30.0 Å². The van der Waals surface area contributed by atoms with Crippen LogP contribution >= 0.6 is 23.1 Å². The number of alkyl halides is 2. The molecule has 2 N–H and O–H groups in total. The zero-order valence-corrected chi connectivity index (χ0v) is 18.7. The number of aromatic nitrogens is 3. The topological polar surface area (TPSA) is 73.9 Å². The molecule has 5 rings (SSSR count). The minimum atomic E-state index is -2.68. The van der Waals surface area contributed by atoms with E-state index >= 15 is 0 Å². The lowest BCUT2D eigenvalue weighted by Crippen LogP contribution is -2.25. The Morgan fingerprint density at radius 2 is 2.06 bits per heavy atom. The third kappa shape index (κ3) is 4.33. The van der Waals surface area contributed by atoms with Crippen LogP contribution in [-0.2, 0) is 4.79 Å². The number of hydrogen-bond acceptors (Lipinski definition) is 6. The first-order valence-corrected chi connectivity index (χ1v) is 11.6. The first kappa shape index (κ1) is 20.9. The first-order chi connectivity index (χ1) is 15.4. The highest BCUT2D eigenvalue weighted by Gasteiger charge is 2.39. The highest BCUT2D eigenvalue weighted by molar-refractivity contribution is 8.01. The lowest BCUT2D eigenvalue weighted by atomic mass is 10.1. The van der Waals surface area contributed by atoms with E-state index in [-0.39, 0.29) is 18.9 Å². The molecule has 1 amide bonds.